The molecule has 1 N–H and O–H groups in total. The molecular formula is C21H17FN4O4S. The van der Waals surface area contributed by atoms with Gasteiger partial charge in [0.1, 0.15) is 12.4 Å². The summed E-state index contributed by atoms with van der Waals surface area (Å²) in [5.41, 5.74) is 2.28. The van der Waals surface area contributed by atoms with Crippen molar-refractivity contribution in [1.82, 2.24) is 14.0 Å². The van der Waals surface area contributed by atoms with Crippen LogP contribution in [0.5, 0.6) is 0 Å². The summed E-state index contributed by atoms with van der Waals surface area (Å²) in [5, 5.41) is 1.96. The molecule has 0 atom stereocenters. The van der Waals surface area contributed by atoms with E-state index in [2.05, 4.69) is 5.32 Å². The molecule has 2 aromatic carbocycles. The summed E-state index contributed by atoms with van der Waals surface area (Å²) < 4.78 is 16.0. The molecule has 4 rings (SSSR count). The van der Waals surface area contributed by atoms with Crippen LogP contribution in [-0.2, 0) is 23.7 Å². The normalized spacial score (nSPS) is 15.3. The Hall–Kier alpha value is -3.66. The first-order valence-corrected chi connectivity index (χ1v) is 10.0. The van der Waals surface area contributed by atoms with Crippen LogP contribution in [0, 0.1) is 5.82 Å². The third kappa shape index (κ3) is 3.89. The maximum atomic E-state index is 13.0. The number of aryl methyl sites for hydroxylation is 2. The number of anilines is 1. The average Bonchev–Trinajstić information content (AvgIpc) is 3.12. The lowest BCUT2D eigenvalue weighted by Crippen LogP contribution is -2.36. The topological polar surface area (TPSA) is 93.4 Å². The Balaban J connectivity index is 1.52. The van der Waals surface area contributed by atoms with Gasteiger partial charge in [0.15, 0.2) is 0 Å². The number of carbonyl (C=O) groups is 3. The van der Waals surface area contributed by atoms with Crippen LogP contribution in [0.15, 0.2) is 52.2 Å². The van der Waals surface area contributed by atoms with E-state index in [0.717, 1.165) is 22.2 Å². The maximum Gasteiger partial charge on any atom is 0.328 e. The second-order valence-corrected chi connectivity index (χ2v) is 7.96. The number of halogens is 1. The van der Waals surface area contributed by atoms with Crippen molar-refractivity contribution in [2.75, 3.05) is 11.9 Å². The summed E-state index contributed by atoms with van der Waals surface area (Å²) >= 11 is 0.740. The van der Waals surface area contributed by atoms with Crippen molar-refractivity contribution in [3.8, 4) is 0 Å². The van der Waals surface area contributed by atoms with Gasteiger partial charge in [0.2, 0.25) is 5.91 Å². The molecule has 0 unspecified atom stereocenters. The summed E-state index contributed by atoms with van der Waals surface area (Å²) in [6, 6.07) is 10.4. The molecule has 1 saturated heterocycles. The Bertz CT molecular complexity index is 1320. The number of amides is 3. The van der Waals surface area contributed by atoms with E-state index in [1.165, 1.54) is 33.4 Å². The largest absolute Gasteiger partial charge is 0.328 e. The molecule has 2 heterocycles. The molecular weight excluding hydrogens is 423 g/mol. The van der Waals surface area contributed by atoms with Gasteiger partial charge in [-0.05, 0) is 59.8 Å². The Kier molecular flexibility index (Phi) is 5.24. The molecule has 0 radical (unpaired) electrons. The van der Waals surface area contributed by atoms with Crippen LogP contribution >= 0.6 is 11.8 Å². The van der Waals surface area contributed by atoms with Gasteiger partial charge in [-0.3, -0.25) is 28.4 Å². The fourth-order valence-electron chi connectivity index (χ4n) is 3.28. The first-order valence-electron chi connectivity index (χ1n) is 9.21. The Morgan fingerprint density at radius 1 is 1.03 bits per heavy atom. The number of nitrogens with one attached hydrogen (secondary N) is 1. The Labute approximate surface area is 179 Å². The van der Waals surface area contributed by atoms with Crippen LogP contribution < -0.4 is 11.0 Å². The van der Waals surface area contributed by atoms with E-state index in [1.54, 1.807) is 38.4 Å². The third-order valence-electron chi connectivity index (χ3n) is 4.90. The second-order valence-electron chi connectivity index (χ2n) is 6.97. The minimum absolute atomic E-state index is 0.167. The average molecular weight is 440 g/mol. The third-order valence-corrected chi connectivity index (χ3v) is 5.80. The highest BCUT2D eigenvalue weighted by Crippen LogP contribution is 2.32. The van der Waals surface area contributed by atoms with Crippen molar-refractivity contribution in [2.24, 2.45) is 14.1 Å². The number of imide groups is 1. The van der Waals surface area contributed by atoms with Crippen LogP contribution in [0.4, 0.5) is 14.9 Å². The van der Waals surface area contributed by atoms with E-state index in [9.17, 15) is 23.6 Å². The monoisotopic (exact) mass is 440 g/mol. The molecule has 8 nitrogen and oxygen atoms in total. The predicted octanol–water partition coefficient (Wildman–Crippen LogP) is 2.69. The van der Waals surface area contributed by atoms with Crippen molar-refractivity contribution >= 4 is 51.6 Å². The number of benzene rings is 2. The van der Waals surface area contributed by atoms with Crippen molar-refractivity contribution in [3.63, 3.8) is 0 Å². The lowest BCUT2D eigenvalue weighted by Gasteiger charge is -2.12. The minimum atomic E-state index is -0.577. The van der Waals surface area contributed by atoms with Gasteiger partial charge in [0, 0.05) is 19.8 Å². The van der Waals surface area contributed by atoms with E-state index < -0.39 is 29.4 Å². The second kappa shape index (κ2) is 7.88. The summed E-state index contributed by atoms with van der Waals surface area (Å²) in [6.07, 6.45) is 1.56. The molecule has 1 aliphatic heterocycles. The first-order chi connectivity index (χ1) is 14.7. The Morgan fingerprint density at radius 2 is 1.71 bits per heavy atom. The van der Waals surface area contributed by atoms with Gasteiger partial charge in [0.25, 0.3) is 11.1 Å². The standard InChI is InChI=1S/C21H17FN4O4S/c1-24-15-8-3-12(9-16(15)25(2)20(24)29)10-17-19(28)26(21(30)31-17)11-18(27)23-14-6-4-13(22)5-7-14/h3-10H,11H2,1-2H3,(H,23,27)/b17-10+. The SMILES string of the molecule is Cn1c(=O)n(C)c2cc(/C=C3/SC(=O)N(CC(=O)Nc4ccc(F)cc4)C3=O)ccc21. The minimum Gasteiger partial charge on any atom is -0.325 e. The van der Waals surface area contributed by atoms with Crippen LogP contribution in [0.1, 0.15) is 5.56 Å². The number of hydrogen-bond donors (Lipinski definition) is 1. The first kappa shape index (κ1) is 20.6. The molecule has 1 aliphatic rings. The molecule has 0 aliphatic carbocycles. The summed E-state index contributed by atoms with van der Waals surface area (Å²) in [7, 11) is 3.33. The molecule has 31 heavy (non-hydrogen) atoms. The summed E-state index contributed by atoms with van der Waals surface area (Å²) in [5.74, 6) is -1.59. The smallest absolute Gasteiger partial charge is 0.325 e. The molecule has 3 aromatic rings. The van der Waals surface area contributed by atoms with Crippen LogP contribution in [0.3, 0.4) is 0 Å². The zero-order chi connectivity index (χ0) is 22.3. The highest BCUT2D eigenvalue weighted by Gasteiger charge is 2.36. The number of imidazole rings is 1. The van der Waals surface area contributed by atoms with Gasteiger partial charge in [-0.1, -0.05) is 6.07 Å². The van der Waals surface area contributed by atoms with Crippen molar-refractivity contribution in [1.29, 1.82) is 0 Å². The molecule has 1 fully saturated rings. The van der Waals surface area contributed by atoms with E-state index >= 15 is 0 Å². The number of fused-ring (bicyclic) bond motifs is 1. The quantitative estimate of drug-likeness (QED) is 0.630. The van der Waals surface area contributed by atoms with Gasteiger partial charge in [0.05, 0.1) is 15.9 Å². The summed E-state index contributed by atoms with van der Waals surface area (Å²) in [6.45, 7) is -0.453. The maximum absolute atomic E-state index is 13.0. The zero-order valence-corrected chi connectivity index (χ0v) is 17.4. The van der Waals surface area contributed by atoms with Crippen molar-refractivity contribution in [2.45, 2.75) is 0 Å². The molecule has 10 heteroatoms. The Morgan fingerprint density at radius 3 is 2.42 bits per heavy atom. The molecule has 1 aromatic heterocycles. The summed E-state index contributed by atoms with van der Waals surface area (Å²) in [4.78, 5) is 50.3. The number of aromatic nitrogens is 2. The number of rotatable bonds is 4. The molecule has 158 valence electrons. The van der Waals surface area contributed by atoms with Gasteiger partial charge in [-0.15, -0.1) is 0 Å². The van der Waals surface area contributed by atoms with Crippen LogP contribution in [0.25, 0.3) is 17.1 Å². The number of thioether (sulfide) groups is 1. The molecule has 0 bridgehead atoms. The van der Waals surface area contributed by atoms with E-state index in [0.29, 0.717) is 16.8 Å². The van der Waals surface area contributed by atoms with Gasteiger partial charge in [-0.2, -0.15) is 0 Å². The fourth-order valence-corrected chi connectivity index (χ4v) is 4.12. The van der Waals surface area contributed by atoms with E-state index in [1.807, 2.05) is 0 Å². The zero-order valence-electron chi connectivity index (χ0n) is 16.6. The lowest BCUT2D eigenvalue weighted by atomic mass is 10.2. The number of nitrogens with zero attached hydrogens (tertiary/aromatic N) is 3. The van der Waals surface area contributed by atoms with Crippen molar-refractivity contribution in [3.05, 3.63) is 69.2 Å². The van der Waals surface area contributed by atoms with Crippen molar-refractivity contribution < 1.29 is 18.8 Å². The molecule has 3 amide bonds. The molecule has 0 spiro atoms. The van der Waals surface area contributed by atoms with Gasteiger partial charge < -0.3 is 5.32 Å². The van der Waals surface area contributed by atoms with E-state index in [-0.39, 0.29) is 10.6 Å². The number of hydrogen-bond acceptors (Lipinski definition) is 5. The van der Waals surface area contributed by atoms with Gasteiger partial charge in [-0.25, -0.2) is 9.18 Å². The van der Waals surface area contributed by atoms with Gasteiger partial charge >= 0.3 is 5.69 Å². The van der Waals surface area contributed by atoms with Crippen LogP contribution in [-0.4, -0.2) is 37.6 Å². The molecule has 0 saturated carbocycles. The predicted molar refractivity (Wildman–Crippen MR) is 116 cm³/mol. The highest BCUT2D eigenvalue weighted by atomic mass is 32.2. The van der Waals surface area contributed by atoms with Crippen LogP contribution in [0.2, 0.25) is 0 Å². The van der Waals surface area contributed by atoms with E-state index in [4.69, 9.17) is 0 Å². The number of carbonyl (C=O) groups excluding carboxylic acids is 3. The fraction of sp³-hybridized carbons (Fsp3) is 0.143. The lowest BCUT2D eigenvalue weighted by molar-refractivity contribution is -0.127. The highest BCUT2D eigenvalue weighted by molar-refractivity contribution is 8.18.